The zero-order valence-corrected chi connectivity index (χ0v) is 15.6. The highest BCUT2D eigenvalue weighted by Crippen LogP contribution is 2.26. The Bertz CT molecular complexity index is 549. The van der Waals surface area contributed by atoms with Crippen LogP contribution in [-0.4, -0.2) is 29.9 Å². The Morgan fingerprint density at radius 3 is 2.29 bits per heavy atom. The number of benzene rings is 1. The normalized spacial score (nSPS) is 21.3. The maximum Gasteiger partial charge on any atom is 0.407 e. The third-order valence-electron chi connectivity index (χ3n) is 3.71. The van der Waals surface area contributed by atoms with Gasteiger partial charge in [0.25, 0.3) is 0 Å². The van der Waals surface area contributed by atoms with E-state index in [1.165, 1.54) is 5.56 Å². The summed E-state index contributed by atoms with van der Waals surface area (Å²) in [6, 6.07) is 8.80. The number of hydrogen-bond donors (Lipinski definition) is 2. The second-order valence-electron chi connectivity index (χ2n) is 7.72. The second kappa shape index (κ2) is 7.43. The molecular formula is C19H30N2O3. The number of ether oxygens (including phenoxy) is 2. The maximum absolute atomic E-state index is 11.8. The molecule has 5 heteroatoms. The fourth-order valence-corrected chi connectivity index (χ4v) is 2.52. The van der Waals surface area contributed by atoms with Gasteiger partial charge in [0.15, 0.2) is 0 Å². The summed E-state index contributed by atoms with van der Waals surface area (Å²) in [5.41, 5.74) is 0.740. The van der Waals surface area contributed by atoms with Gasteiger partial charge in [-0.15, -0.1) is 0 Å². The third-order valence-corrected chi connectivity index (χ3v) is 3.71. The monoisotopic (exact) mass is 334 g/mol. The molecule has 3 unspecified atom stereocenters. The van der Waals surface area contributed by atoms with Crippen molar-refractivity contribution in [2.45, 2.75) is 77.8 Å². The number of alkyl carbamates (subject to hydrolysis) is 1. The Morgan fingerprint density at radius 2 is 1.75 bits per heavy atom. The fourth-order valence-electron chi connectivity index (χ4n) is 2.52. The first kappa shape index (κ1) is 18.6. The topological polar surface area (TPSA) is 59.6 Å². The van der Waals surface area contributed by atoms with E-state index in [1.807, 2.05) is 46.8 Å². The molecular weight excluding hydrogens is 304 g/mol. The minimum Gasteiger partial charge on any atom is -0.491 e. The minimum atomic E-state index is -0.463. The van der Waals surface area contributed by atoms with Crippen LogP contribution in [-0.2, 0) is 4.74 Å². The van der Waals surface area contributed by atoms with E-state index in [4.69, 9.17) is 9.47 Å². The molecule has 0 radical (unpaired) electrons. The van der Waals surface area contributed by atoms with E-state index >= 15 is 0 Å². The zero-order chi connectivity index (χ0) is 17.9. The first-order valence-electron chi connectivity index (χ1n) is 8.66. The first-order chi connectivity index (χ1) is 11.1. The summed E-state index contributed by atoms with van der Waals surface area (Å²) in [5, 5.41) is 6.44. The molecule has 0 saturated heterocycles. The van der Waals surface area contributed by atoms with Gasteiger partial charge in [-0.1, -0.05) is 12.1 Å². The summed E-state index contributed by atoms with van der Waals surface area (Å²) in [6.45, 7) is 11.8. The van der Waals surface area contributed by atoms with E-state index in [9.17, 15) is 4.79 Å². The van der Waals surface area contributed by atoms with E-state index in [0.29, 0.717) is 6.04 Å². The maximum atomic E-state index is 11.8. The molecule has 1 amide bonds. The lowest BCUT2D eigenvalue weighted by molar-refractivity contribution is 0.0522. The molecule has 1 aromatic carbocycles. The Balaban J connectivity index is 1.77. The quantitative estimate of drug-likeness (QED) is 0.831. The second-order valence-corrected chi connectivity index (χ2v) is 7.72. The molecule has 0 spiro atoms. The SMILES string of the molecule is CC(C)Oc1ccc(C(C)NC2CC2NC(=O)OC(C)(C)C)cc1. The van der Waals surface area contributed by atoms with Gasteiger partial charge in [-0.05, 0) is 65.7 Å². The van der Waals surface area contributed by atoms with Crippen LogP contribution in [0.4, 0.5) is 4.79 Å². The Labute approximate surface area is 145 Å². The van der Waals surface area contributed by atoms with Crippen LogP contribution in [0, 0.1) is 0 Å². The van der Waals surface area contributed by atoms with Gasteiger partial charge in [0, 0.05) is 18.1 Å². The summed E-state index contributed by atoms with van der Waals surface area (Å²) in [6.07, 6.45) is 0.759. The van der Waals surface area contributed by atoms with Crippen molar-refractivity contribution in [1.29, 1.82) is 0 Å². The van der Waals surface area contributed by atoms with Gasteiger partial charge in [-0.25, -0.2) is 4.79 Å². The van der Waals surface area contributed by atoms with Crippen LogP contribution in [0.15, 0.2) is 24.3 Å². The fraction of sp³-hybridized carbons (Fsp3) is 0.632. The zero-order valence-electron chi connectivity index (χ0n) is 15.6. The van der Waals surface area contributed by atoms with Crippen molar-refractivity contribution in [2.24, 2.45) is 0 Å². The average Bonchev–Trinajstić information content (AvgIpc) is 3.13. The summed E-state index contributed by atoms with van der Waals surface area (Å²) in [5.74, 6) is 0.886. The number of rotatable bonds is 6. The van der Waals surface area contributed by atoms with Crippen LogP contribution < -0.4 is 15.4 Å². The van der Waals surface area contributed by atoms with Gasteiger partial charge in [0.05, 0.1) is 6.10 Å². The van der Waals surface area contributed by atoms with Gasteiger partial charge in [0.1, 0.15) is 11.4 Å². The predicted octanol–water partition coefficient (Wildman–Crippen LogP) is 3.79. The van der Waals surface area contributed by atoms with Crippen molar-refractivity contribution in [3.05, 3.63) is 29.8 Å². The third kappa shape index (κ3) is 6.04. The molecule has 1 aromatic rings. The minimum absolute atomic E-state index is 0.144. The van der Waals surface area contributed by atoms with Crippen molar-refractivity contribution < 1.29 is 14.3 Å². The summed E-state index contributed by atoms with van der Waals surface area (Å²) >= 11 is 0. The summed E-state index contributed by atoms with van der Waals surface area (Å²) in [7, 11) is 0. The van der Waals surface area contributed by atoms with Crippen molar-refractivity contribution in [3.8, 4) is 5.75 Å². The lowest BCUT2D eigenvalue weighted by Crippen LogP contribution is -2.37. The number of amides is 1. The molecule has 5 nitrogen and oxygen atoms in total. The lowest BCUT2D eigenvalue weighted by Gasteiger charge is -2.20. The van der Waals surface area contributed by atoms with E-state index in [2.05, 4.69) is 29.7 Å². The van der Waals surface area contributed by atoms with Gasteiger partial charge in [-0.3, -0.25) is 0 Å². The standard InChI is InChI=1S/C19H30N2O3/c1-12(2)23-15-9-7-14(8-10-15)13(3)20-16-11-17(16)21-18(22)24-19(4,5)6/h7-10,12-13,16-17,20H,11H2,1-6H3,(H,21,22). The Hall–Kier alpha value is -1.75. The van der Waals surface area contributed by atoms with Gasteiger partial charge >= 0.3 is 6.09 Å². The first-order valence-corrected chi connectivity index (χ1v) is 8.66. The molecule has 1 saturated carbocycles. The predicted molar refractivity (Wildman–Crippen MR) is 95.3 cm³/mol. The molecule has 0 heterocycles. The van der Waals surface area contributed by atoms with Gasteiger partial charge in [-0.2, -0.15) is 0 Å². The highest BCUT2D eigenvalue weighted by atomic mass is 16.6. The highest BCUT2D eigenvalue weighted by molar-refractivity contribution is 5.68. The van der Waals surface area contributed by atoms with Crippen LogP contribution in [0.25, 0.3) is 0 Å². The van der Waals surface area contributed by atoms with Crippen LogP contribution in [0.1, 0.15) is 59.6 Å². The van der Waals surface area contributed by atoms with E-state index in [0.717, 1.165) is 12.2 Å². The number of hydrogen-bond acceptors (Lipinski definition) is 4. The van der Waals surface area contributed by atoms with Crippen LogP contribution >= 0.6 is 0 Å². The molecule has 24 heavy (non-hydrogen) atoms. The van der Waals surface area contributed by atoms with Gasteiger partial charge in [0.2, 0.25) is 0 Å². The van der Waals surface area contributed by atoms with Crippen LogP contribution in [0.3, 0.4) is 0 Å². The molecule has 0 aromatic heterocycles. The van der Waals surface area contributed by atoms with E-state index in [-0.39, 0.29) is 24.3 Å². The van der Waals surface area contributed by atoms with Crippen LogP contribution in [0.5, 0.6) is 5.75 Å². The van der Waals surface area contributed by atoms with Crippen molar-refractivity contribution in [2.75, 3.05) is 0 Å². The summed E-state index contributed by atoms with van der Waals surface area (Å²) in [4.78, 5) is 11.8. The Kier molecular flexibility index (Phi) is 5.75. The summed E-state index contributed by atoms with van der Waals surface area (Å²) < 4.78 is 10.9. The van der Waals surface area contributed by atoms with Crippen molar-refractivity contribution >= 4 is 6.09 Å². The molecule has 1 fully saturated rings. The molecule has 1 aliphatic carbocycles. The van der Waals surface area contributed by atoms with Gasteiger partial charge < -0.3 is 20.1 Å². The van der Waals surface area contributed by atoms with Crippen molar-refractivity contribution in [1.82, 2.24) is 10.6 Å². The number of carbonyl (C=O) groups is 1. The number of carbonyl (C=O) groups excluding carboxylic acids is 1. The smallest absolute Gasteiger partial charge is 0.407 e. The molecule has 0 bridgehead atoms. The molecule has 1 aliphatic rings. The Morgan fingerprint density at radius 1 is 1.12 bits per heavy atom. The lowest BCUT2D eigenvalue weighted by atomic mass is 10.1. The molecule has 134 valence electrons. The molecule has 2 N–H and O–H groups in total. The largest absolute Gasteiger partial charge is 0.491 e. The van der Waals surface area contributed by atoms with Crippen molar-refractivity contribution in [3.63, 3.8) is 0 Å². The number of nitrogens with one attached hydrogen (secondary N) is 2. The van der Waals surface area contributed by atoms with Crippen LogP contribution in [0.2, 0.25) is 0 Å². The van der Waals surface area contributed by atoms with E-state index in [1.54, 1.807) is 0 Å². The molecule has 0 aliphatic heterocycles. The molecule has 3 atom stereocenters. The molecule has 2 rings (SSSR count). The average molecular weight is 334 g/mol. The van der Waals surface area contributed by atoms with E-state index < -0.39 is 5.60 Å². The highest BCUT2D eigenvalue weighted by Gasteiger charge is 2.40.